The van der Waals surface area contributed by atoms with Gasteiger partial charge in [0.25, 0.3) is 5.70 Å². The number of anilines is 1. The number of allylic oxidation sites excluding steroid dienone is 1. The summed E-state index contributed by atoms with van der Waals surface area (Å²) >= 11 is 3.34. The van der Waals surface area contributed by atoms with Gasteiger partial charge in [-0.3, -0.25) is 10.1 Å². The predicted octanol–water partition coefficient (Wildman–Crippen LogP) is 3.35. The number of pyridine rings is 1. The van der Waals surface area contributed by atoms with Crippen molar-refractivity contribution in [2.45, 2.75) is 26.7 Å². The van der Waals surface area contributed by atoms with Crippen LogP contribution in [0.2, 0.25) is 0 Å². The molecule has 1 heterocycles. The van der Waals surface area contributed by atoms with Crippen LogP contribution in [-0.2, 0) is 6.42 Å². The van der Waals surface area contributed by atoms with Gasteiger partial charge in [0.15, 0.2) is 0 Å². The zero-order valence-corrected chi connectivity index (χ0v) is 11.3. The summed E-state index contributed by atoms with van der Waals surface area (Å²) in [6.07, 6.45) is 4.24. The third-order valence-electron chi connectivity index (χ3n) is 2.29. The Kier molecular flexibility index (Phi) is 5.09. The van der Waals surface area contributed by atoms with E-state index in [0.29, 0.717) is 12.2 Å². The highest BCUT2D eigenvalue weighted by atomic mass is 79.9. The number of nitrogens with zero attached hydrogens (tertiary/aromatic N) is 2. The fourth-order valence-corrected chi connectivity index (χ4v) is 1.69. The van der Waals surface area contributed by atoms with Crippen LogP contribution in [0.3, 0.4) is 0 Å². The monoisotopic (exact) mass is 299 g/mol. The van der Waals surface area contributed by atoms with Crippen molar-refractivity contribution in [3.63, 3.8) is 0 Å². The SMILES string of the molecule is CCC(=CNc1ncc(Br)cc1CC)[N+](=O)[O-]. The van der Waals surface area contributed by atoms with Gasteiger partial charge in [0.05, 0.1) is 11.1 Å². The van der Waals surface area contributed by atoms with Gasteiger partial charge in [0.2, 0.25) is 0 Å². The molecule has 17 heavy (non-hydrogen) atoms. The molecule has 0 radical (unpaired) electrons. The maximum Gasteiger partial charge on any atom is 0.261 e. The Morgan fingerprint density at radius 1 is 1.65 bits per heavy atom. The molecule has 0 aromatic carbocycles. The van der Waals surface area contributed by atoms with Crippen LogP contribution in [0.25, 0.3) is 0 Å². The van der Waals surface area contributed by atoms with E-state index in [9.17, 15) is 10.1 Å². The summed E-state index contributed by atoms with van der Waals surface area (Å²) in [5.41, 5.74) is 1.14. The zero-order chi connectivity index (χ0) is 12.8. The van der Waals surface area contributed by atoms with Crippen LogP contribution < -0.4 is 5.32 Å². The van der Waals surface area contributed by atoms with Gasteiger partial charge in [-0.1, -0.05) is 13.8 Å². The topological polar surface area (TPSA) is 68.1 Å². The summed E-state index contributed by atoms with van der Waals surface area (Å²) < 4.78 is 0.897. The third kappa shape index (κ3) is 3.81. The van der Waals surface area contributed by atoms with Crippen LogP contribution in [0, 0.1) is 10.1 Å². The molecular formula is C11H14BrN3O2. The van der Waals surface area contributed by atoms with Gasteiger partial charge in [-0.25, -0.2) is 4.98 Å². The van der Waals surface area contributed by atoms with E-state index in [0.717, 1.165) is 16.5 Å². The van der Waals surface area contributed by atoms with Gasteiger partial charge in [0.1, 0.15) is 5.82 Å². The fourth-order valence-electron chi connectivity index (χ4n) is 1.32. The number of nitro groups is 1. The van der Waals surface area contributed by atoms with Crippen LogP contribution in [0.5, 0.6) is 0 Å². The summed E-state index contributed by atoms with van der Waals surface area (Å²) in [7, 11) is 0. The molecule has 0 saturated carbocycles. The average molecular weight is 300 g/mol. The number of halogens is 1. The third-order valence-corrected chi connectivity index (χ3v) is 2.72. The van der Waals surface area contributed by atoms with E-state index in [1.165, 1.54) is 6.20 Å². The Bertz CT molecular complexity index is 446. The first-order chi connectivity index (χ1) is 8.08. The number of hydrogen-bond acceptors (Lipinski definition) is 4. The molecule has 0 aliphatic heterocycles. The lowest BCUT2D eigenvalue weighted by Crippen LogP contribution is -2.03. The molecule has 1 rings (SSSR count). The van der Waals surface area contributed by atoms with Gasteiger partial charge >= 0.3 is 0 Å². The normalized spacial score (nSPS) is 11.4. The molecule has 5 nitrogen and oxygen atoms in total. The van der Waals surface area contributed by atoms with Crippen molar-refractivity contribution in [2.24, 2.45) is 0 Å². The minimum Gasteiger partial charge on any atom is -0.341 e. The van der Waals surface area contributed by atoms with Gasteiger partial charge < -0.3 is 5.32 Å². The maximum absolute atomic E-state index is 10.6. The second-order valence-electron chi connectivity index (χ2n) is 3.41. The summed E-state index contributed by atoms with van der Waals surface area (Å²) in [6.45, 7) is 3.75. The lowest BCUT2D eigenvalue weighted by molar-refractivity contribution is -0.427. The number of rotatable bonds is 5. The van der Waals surface area contributed by atoms with Crippen LogP contribution in [-0.4, -0.2) is 9.91 Å². The Morgan fingerprint density at radius 3 is 2.88 bits per heavy atom. The van der Waals surface area contributed by atoms with Gasteiger partial charge in [0, 0.05) is 17.1 Å². The van der Waals surface area contributed by atoms with E-state index < -0.39 is 4.92 Å². The Hall–Kier alpha value is -1.43. The van der Waals surface area contributed by atoms with Gasteiger partial charge in [-0.2, -0.15) is 0 Å². The number of nitrogens with one attached hydrogen (secondary N) is 1. The van der Waals surface area contributed by atoms with Gasteiger partial charge in [-0.05, 0) is 34.0 Å². The molecule has 0 aliphatic carbocycles. The van der Waals surface area contributed by atoms with Crippen molar-refractivity contribution in [3.8, 4) is 0 Å². The van der Waals surface area contributed by atoms with Crippen LogP contribution in [0.15, 0.2) is 28.6 Å². The molecule has 1 aromatic rings. The molecule has 6 heteroatoms. The van der Waals surface area contributed by atoms with Crippen molar-refractivity contribution in [2.75, 3.05) is 5.32 Å². The maximum atomic E-state index is 10.6. The zero-order valence-electron chi connectivity index (χ0n) is 9.74. The average Bonchev–Trinajstić information content (AvgIpc) is 2.31. The largest absolute Gasteiger partial charge is 0.341 e. The molecule has 0 unspecified atom stereocenters. The Labute approximate surface area is 108 Å². The van der Waals surface area contributed by atoms with Crippen molar-refractivity contribution < 1.29 is 4.92 Å². The van der Waals surface area contributed by atoms with Crippen LogP contribution >= 0.6 is 15.9 Å². The molecule has 1 N–H and O–H groups in total. The van der Waals surface area contributed by atoms with E-state index in [4.69, 9.17) is 0 Å². The smallest absolute Gasteiger partial charge is 0.261 e. The minimum atomic E-state index is -0.391. The first-order valence-electron chi connectivity index (χ1n) is 5.32. The molecule has 0 bridgehead atoms. The summed E-state index contributed by atoms with van der Waals surface area (Å²) in [5, 5.41) is 13.5. The molecule has 0 saturated heterocycles. The number of hydrogen-bond donors (Lipinski definition) is 1. The molecule has 0 aliphatic rings. The standard InChI is InChI=1S/C11H14BrN3O2/c1-3-8-5-9(12)6-13-11(8)14-7-10(4-2)15(16)17/h5-7H,3-4H2,1-2H3,(H,13,14). The van der Waals surface area contributed by atoms with Crippen molar-refractivity contribution in [3.05, 3.63) is 44.3 Å². The van der Waals surface area contributed by atoms with E-state index in [2.05, 4.69) is 26.2 Å². The highest BCUT2D eigenvalue weighted by Gasteiger charge is 2.08. The quantitative estimate of drug-likeness (QED) is 0.669. The first-order valence-corrected chi connectivity index (χ1v) is 6.12. The molecule has 0 atom stereocenters. The number of aromatic nitrogens is 1. The molecule has 92 valence electrons. The second-order valence-corrected chi connectivity index (χ2v) is 4.32. The molecule has 0 spiro atoms. The Balaban J connectivity index is 2.91. The highest BCUT2D eigenvalue weighted by molar-refractivity contribution is 9.10. The lowest BCUT2D eigenvalue weighted by atomic mass is 10.2. The summed E-state index contributed by atoms with van der Waals surface area (Å²) in [6, 6.07) is 1.95. The van der Waals surface area contributed by atoms with Gasteiger partial charge in [-0.15, -0.1) is 0 Å². The van der Waals surface area contributed by atoms with E-state index in [1.54, 1.807) is 13.1 Å². The highest BCUT2D eigenvalue weighted by Crippen LogP contribution is 2.18. The van der Waals surface area contributed by atoms with E-state index >= 15 is 0 Å². The molecule has 0 amide bonds. The lowest BCUT2D eigenvalue weighted by Gasteiger charge is -2.06. The fraction of sp³-hybridized carbons (Fsp3) is 0.364. The van der Waals surface area contributed by atoms with Crippen LogP contribution in [0.4, 0.5) is 5.82 Å². The molecule has 0 fully saturated rings. The summed E-state index contributed by atoms with van der Waals surface area (Å²) in [4.78, 5) is 14.4. The van der Waals surface area contributed by atoms with E-state index in [1.807, 2.05) is 13.0 Å². The minimum absolute atomic E-state index is 0.136. The van der Waals surface area contributed by atoms with Crippen molar-refractivity contribution >= 4 is 21.7 Å². The first kappa shape index (κ1) is 13.6. The molecule has 1 aromatic heterocycles. The van der Waals surface area contributed by atoms with Crippen molar-refractivity contribution in [1.82, 2.24) is 4.98 Å². The summed E-state index contributed by atoms with van der Waals surface area (Å²) in [5.74, 6) is 0.656. The van der Waals surface area contributed by atoms with Crippen molar-refractivity contribution in [1.29, 1.82) is 0 Å². The van der Waals surface area contributed by atoms with E-state index in [-0.39, 0.29) is 5.70 Å². The van der Waals surface area contributed by atoms with Crippen LogP contribution in [0.1, 0.15) is 25.8 Å². The number of aryl methyl sites for hydroxylation is 1. The predicted molar refractivity (Wildman–Crippen MR) is 70.3 cm³/mol. The Morgan fingerprint density at radius 2 is 2.35 bits per heavy atom. The second kappa shape index (κ2) is 6.34. The molecular weight excluding hydrogens is 286 g/mol.